The summed E-state index contributed by atoms with van der Waals surface area (Å²) in [5, 5.41) is 0. The van der Waals surface area contributed by atoms with Crippen LogP contribution in [0.4, 0.5) is 13.2 Å². The van der Waals surface area contributed by atoms with E-state index in [-0.39, 0.29) is 29.6 Å². The highest BCUT2D eigenvalue weighted by Crippen LogP contribution is 2.32. The fourth-order valence-electron chi connectivity index (χ4n) is 2.97. The Bertz CT molecular complexity index is 567. The van der Waals surface area contributed by atoms with Crippen LogP contribution < -0.4 is 15.2 Å². The molecule has 0 bridgehead atoms. The minimum absolute atomic E-state index is 0. The van der Waals surface area contributed by atoms with Gasteiger partial charge in [0.2, 0.25) is 0 Å². The number of methoxy groups -OCH3 is 1. The van der Waals surface area contributed by atoms with E-state index in [1.54, 1.807) is 12.1 Å². The van der Waals surface area contributed by atoms with Crippen LogP contribution in [0.25, 0.3) is 0 Å². The molecular weight excluding hydrogens is 357 g/mol. The second kappa shape index (κ2) is 8.47. The fraction of sp³-hybridized carbons (Fsp3) is 0.647. The van der Waals surface area contributed by atoms with Crippen molar-refractivity contribution in [3.05, 3.63) is 23.8 Å². The van der Waals surface area contributed by atoms with E-state index in [0.717, 1.165) is 25.1 Å². The number of ether oxygens (including phenoxy) is 2. The third-order valence-corrected chi connectivity index (χ3v) is 4.42. The summed E-state index contributed by atoms with van der Waals surface area (Å²) in [4.78, 5) is 2.30. The molecule has 0 saturated carbocycles. The molecule has 1 fully saturated rings. The van der Waals surface area contributed by atoms with Crippen molar-refractivity contribution in [1.82, 2.24) is 4.90 Å². The topological polar surface area (TPSA) is 47.7 Å². The van der Waals surface area contributed by atoms with Gasteiger partial charge in [-0.1, -0.05) is 19.9 Å². The molecule has 1 saturated heterocycles. The smallest absolute Gasteiger partial charge is 0.422 e. The molecule has 144 valence electrons. The third-order valence-electron chi connectivity index (χ3n) is 4.42. The van der Waals surface area contributed by atoms with Gasteiger partial charge in [-0.15, -0.1) is 12.4 Å². The quantitative estimate of drug-likeness (QED) is 0.845. The first-order valence-electron chi connectivity index (χ1n) is 7.95. The lowest BCUT2D eigenvalue weighted by atomic mass is 9.79. The van der Waals surface area contributed by atoms with Crippen molar-refractivity contribution >= 4 is 12.4 Å². The Kier molecular flexibility index (Phi) is 7.40. The highest BCUT2D eigenvalue weighted by molar-refractivity contribution is 5.85. The van der Waals surface area contributed by atoms with Gasteiger partial charge >= 0.3 is 6.18 Å². The summed E-state index contributed by atoms with van der Waals surface area (Å²) in [6, 6.07) is 5.21. The molecule has 0 spiro atoms. The number of rotatable bonds is 5. The Balaban J connectivity index is 0.00000312. The summed E-state index contributed by atoms with van der Waals surface area (Å²) in [6.07, 6.45) is -3.45. The van der Waals surface area contributed by atoms with E-state index in [2.05, 4.69) is 18.7 Å². The highest BCUT2D eigenvalue weighted by Gasteiger charge is 2.33. The SMILES string of the molecule is COc1cc(CN2CCC(N)C(C)(C)C2)ccc1OCC(F)(F)F.Cl. The first kappa shape index (κ1) is 21.9. The number of likely N-dealkylation sites (tertiary alicyclic amines) is 1. The molecule has 0 amide bonds. The van der Waals surface area contributed by atoms with Gasteiger partial charge in [-0.2, -0.15) is 13.2 Å². The Hall–Kier alpha value is -1.18. The number of benzene rings is 1. The van der Waals surface area contributed by atoms with Crippen LogP contribution in [-0.2, 0) is 6.54 Å². The molecule has 1 aromatic carbocycles. The van der Waals surface area contributed by atoms with Gasteiger partial charge in [0, 0.05) is 25.7 Å². The average molecular weight is 383 g/mol. The molecule has 0 aromatic heterocycles. The predicted molar refractivity (Wildman–Crippen MR) is 93.4 cm³/mol. The molecule has 1 heterocycles. The van der Waals surface area contributed by atoms with Gasteiger partial charge in [-0.05, 0) is 29.5 Å². The molecule has 1 aromatic rings. The van der Waals surface area contributed by atoms with E-state index in [1.165, 1.54) is 13.2 Å². The monoisotopic (exact) mass is 382 g/mol. The molecule has 8 heteroatoms. The van der Waals surface area contributed by atoms with Crippen LogP contribution in [0.3, 0.4) is 0 Å². The second-order valence-electron chi connectivity index (χ2n) is 6.98. The number of halogens is 4. The average Bonchev–Trinajstić information content (AvgIpc) is 2.48. The number of piperidine rings is 1. The van der Waals surface area contributed by atoms with E-state index < -0.39 is 12.8 Å². The largest absolute Gasteiger partial charge is 0.493 e. The lowest BCUT2D eigenvalue weighted by Gasteiger charge is -2.42. The van der Waals surface area contributed by atoms with Crippen molar-refractivity contribution in [3.8, 4) is 11.5 Å². The molecule has 0 radical (unpaired) electrons. The van der Waals surface area contributed by atoms with Gasteiger partial charge in [-0.3, -0.25) is 4.90 Å². The third kappa shape index (κ3) is 6.24. The molecular formula is C17H26ClF3N2O2. The predicted octanol–water partition coefficient (Wildman–Crippen LogP) is 3.62. The summed E-state index contributed by atoms with van der Waals surface area (Å²) >= 11 is 0. The van der Waals surface area contributed by atoms with Gasteiger partial charge in [0.05, 0.1) is 7.11 Å². The standard InChI is InChI=1S/C17H25F3N2O2.ClH/c1-16(2)10-22(7-6-15(16)21)9-12-4-5-13(14(8-12)23-3)24-11-17(18,19)20;/h4-5,8,15H,6-7,9-11,21H2,1-3H3;1H. The molecule has 1 aliphatic heterocycles. The van der Waals surface area contributed by atoms with Crippen molar-refractivity contribution in [2.75, 3.05) is 26.8 Å². The lowest BCUT2D eigenvalue weighted by Crippen LogP contribution is -2.52. The maximum atomic E-state index is 12.3. The number of hydrogen-bond donors (Lipinski definition) is 1. The van der Waals surface area contributed by atoms with E-state index >= 15 is 0 Å². The molecule has 2 N–H and O–H groups in total. The van der Waals surface area contributed by atoms with Gasteiger partial charge in [0.1, 0.15) is 0 Å². The van der Waals surface area contributed by atoms with Gasteiger partial charge in [-0.25, -0.2) is 0 Å². The van der Waals surface area contributed by atoms with E-state index in [9.17, 15) is 13.2 Å². The maximum absolute atomic E-state index is 12.3. The Morgan fingerprint density at radius 3 is 2.52 bits per heavy atom. The molecule has 25 heavy (non-hydrogen) atoms. The van der Waals surface area contributed by atoms with Crippen LogP contribution in [0.1, 0.15) is 25.8 Å². The van der Waals surface area contributed by atoms with Crippen molar-refractivity contribution in [2.24, 2.45) is 11.1 Å². The Labute approximate surface area is 152 Å². The molecule has 0 aliphatic carbocycles. The van der Waals surface area contributed by atoms with Crippen molar-refractivity contribution in [3.63, 3.8) is 0 Å². The molecule has 2 rings (SSSR count). The maximum Gasteiger partial charge on any atom is 0.422 e. The first-order valence-corrected chi connectivity index (χ1v) is 7.95. The normalized spacial score (nSPS) is 20.7. The number of alkyl halides is 3. The number of nitrogens with zero attached hydrogens (tertiary/aromatic N) is 1. The Morgan fingerprint density at radius 1 is 1.28 bits per heavy atom. The minimum atomic E-state index is -4.37. The van der Waals surface area contributed by atoms with Crippen LogP contribution in [0.5, 0.6) is 11.5 Å². The van der Waals surface area contributed by atoms with Crippen molar-refractivity contribution < 1.29 is 22.6 Å². The van der Waals surface area contributed by atoms with Gasteiger partial charge in [0.15, 0.2) is 18.1 Å². The van der Waals surface area contributed by atoms with Crippen LogP contribution in [-0.4, -0.2) is 43.9 Å². The van der Waals surface area contributed by atoms with Crippen LogP contribution in [0.15, 0.2) is 18.2 Å². The van der Waals surface area contributed by atoms with E-state index in [1.807, 2.05) is 0 Å². The Morgan fingerprint density at radius 2 is 1.96 bits per heavy atom. The summed E-state index contributed by atoms with van der Waals surface area (Å²) in [7, 11) is 1.42. The molecule has 1 atom stereocenters. The van der Waals surface area contributed by atoms with Gasteiger partial charge in [0.25, 0.3) is 0 Å². The number of nitrogens with two attached hydrogens (primary N) is 1. The first-order chi connectivity index (χ1) is 11.1. The zero-order valence-corrected chi connectivity index (χ0v) is 15.5. The second-order valence-corrected chi connectivity index (χ2v) is 6.98. The number of hydrogen-bond acceptors (Lipinski definition) is 4. The van der Waals surface area contributed by atoms with Gasteiger partial charge < -0.3 is 15.2 Å². The van der Waals surface area contributed by atoms with Crippen LogP contribution in [0, 0.1) is 5.41 Å². The molecule has 4 nitrogen and oxygen atoms in total. The van der Waals surface area contributed by atoms with Crippen LogP contribution in [0.2, 0.25) is 0 Å². The zero-order chi connectivity index (χ0) is 18.0. The summed E-state index contributed by atoms with van der Waals surface area (Å²) in [5.41, 5.74) is 7.16. The highest BCUT2D eigenvalue weighted by atomic mass is 35.5. The molecule has 1 aliphatic rings. The van der Waals surface area contributed by atoms with E-state index in [4.69, 9.17) is 15.2 Å². The lowest BCUT2D eigenvalue weighted by molar-refractivity contribution is -0.153. The molecule has 1 unspecified atom stereocenters. The fourth-order valence-corrected chi connectivity index (χ4v) is 2.97. The zero-order valence-electron chi connectivity index (χ0n) is 14.7. The van der Waals surface area contributed by atoms with Crippen LogP contribution >= 0.6 is 12.4 Å². The summed E-state index contributed by atoms with van der Waals surface area (Å²) in [5.74, 6) is 0.407. The summed E-state index contributed by atoms with van der Waals surface area (Å²) in [6.45, 7) is 5.45. The van der Waals surface area contributed by atoms with Crippen molar-refractivity contribution in [2.45, 2.75) is 39.0 Å². The minimum Gasteiger partial charge on any atom is -0.493 e. The summed E-state index contributed by atoms with van der Waals surface area (Å²) < 4.78 is 46.8. The van der Waals surface area contributed by atoms with E-state index in [0.29, 0.717) is 12.3 Å². The van der Waals surface area contributed by atoms with Crippen molar-refractivity contribution in [1.29, 1.82) is 0 Å².